The van der Waals surface area contributed by atoms with Gasteiger partial charge in [-0.1, -0.05) is 26.3 Å². The van der Waals surface area contributed by atoms with Gasteiger partial charge in [-0.25, -0.2) is 4.79 Å². The lowest BCUT2D eigenvalue weighted by atomic mass is 10.4. The maximum atomic E-state index is 11.3. The SMILES string of the molecule is C=C(O)/C=C\C(=O)OCCOCCC[Si](C)(C)O[Si](C)(C)CCCC. The molecule has 0 aromatic heterocycles. The van der Waals surface area contributed by atoms with Crippen LogP contribution in [0.2, 0.25) is 38.3 Å². The molecule has 7 heteroatoms. The topological polar surface area (TPSA) is 65.0 Å². The molecule has 0 radical (unpaired) electrons. The fourth-order valence-electron chi connectivity index (χ4n) is 2.57. The van der Waals surface area contributed by atoms with Gasteiger partial charge in [0.2, 0.25) is 0 Å². The quantitative estimate of drug-likeness (QED) is 0.116. The van der Waals surface area contributed by atoms with Gasteiger partial charge in [-0.15, -0.1) is 0 Å². The summed E-state index contributed by atoms with van der Waals surface area (Å²) in [5, 5.41) is 8.83. The molecule has 0 unspecified atom stereocenters. The highest BCUT2D eigenvalue weighted by molar-refractivity contribution is 6.84. The molecular formula is C18H36O5Si2. The van der Waals surface area contributed by atoms with Gasteiger partial charge in [-0.3, -0.25) is 0 Å². The number of hydrogen-bond acceptors (Lipinski definition) is 5. The Kier molecular flexibility index (Phi) is 12.0. The van der Waals surface area contributed by atoms with E-state index in [9.17, 15) is 4.79 Å². The summed E-state index contributed by atoms with van der Waals surface area (Å²) in [5.74, 6) is -0.692. The highest BCUT2D eigenvalue weighted by Crippen LogP contribution is 2.24. The van der Waals surface area contributed by atoms with Crippen molar-refractivity contribution in [2.45, 2.75) is 64.5 Å². The van der Waals surface area contributed by atoms with Gasteiger partial charge in [-0.05, 0) is 50.8 Å². The molecule has 0 fully saturated rings. The summed E-state index contributed by atoms with van der Waals surface area (Å²) in [5.41, 5.74) is 0. The molecule has 0 aromatic carbocycles. The van der Waals surface area contributed by atoms with E-state index in [2.05, 4.69) is 39.7 Å². The lowest BCUT2D eigenvalue weighted by Gasteiger charge is -2.34. The Balaban J connectivity index is 3.82. The number of allylic oxidation sites excluding steroid dienone is 1. The first-order valence-corrected chi connectivity index (χ1v) is 15.3. The van der Waals surface area contributed by atoms with Crippen LogP contribution in [0.15, 0.2) is 24.5 Å². The van der Waals surface area contributed by atoms with Crippen molar-refractivity contribution in [1.29, 1.82) is 0 Å². The number of aliphatic hydroxyl groups excluding tert-OH is 1. The minimum Gasteiger partial charge on any atom is -0.509 e. The monoisotopic (exact) mass is 388 g/mol. The molecule has 1 N–H and O–H groups in total. The second-order valence-electron chi connectivity index (χ2n) is 7.43. The molecule has 0 atom stereocenters. The van der Waals surface area contributed by atoms with Crippen LogP contribution in [-0.4, -0.2) is 47.5 Å². The summed E-state index contributed by atoms with van der Waals surface area (Å²) in [6.07, 6.45) is 5.78. The summed E-state index contributed by atoms with van der Waals surface area (Å²) in [6, 6.07) is 2.32. The molecule has 0 amide bonds. The largest absolute Gasteiger partial charge is 0.509 e. The first-order chi connectivity index (χ1) is 11.6. The first-order valence-electron chi connectivity index (χ1n) is 9.08. The first kappa shape index (κ1) is 24.1. The molecule has 0 aliphatic carbocycles. The molecular weight excluding hydrogens is 352 g/mol. The van der Waals surface area contributed by atoms with Crippen molar-refractivity contribution < 1.29 is 23.5 Å². The van der Waals surface area contributed by atoms with Crippen LogP contribution in [0, 0.1) is 0 Å². The third-order valence-electron chi connectivity index (χ3n) is 3.64. The zero-order valence-electron chi connectivity index (χ0n) is 16.6. The number of esters is 1. The zero-order chi connectivity index (χ0) is 19.3. The summed E-state index contributed by atoms with van der Waals surface area (Å²) in [4.78, 5) is 11.3. The molecule has 0 aliphatic heterocycles. The Hall–Kier alpha value is -0.896. The Labute approximate surface area is 155 Å². The molecule has 0 rings (SSSR count). The van der Waals surface area contributed by atoms with Crippen LogP contribution in [0.5, 0.6) is 0 Å². The van der Waals surface area contributed by atoms with E-state index in [0.717, 1.165) is 18.5 Å². The number of carbonyl (C=O) groups excluding carboxylic acids is 1. The molecule has 0 saturated heterocycles. The van der Waals surface area contributed by atoms with Crippen LogP contribution in [0.1, 0.15) is 26.2 Å². The molecule has 146 valence electrons. The lowest BCUT2D eigenvalue weighted by molar-refractivity contribution is -0.139. The number of hydrogen-bond donors (Lipinski definition) is 1. The average molecular weight is 389 g/mol. The molecule has 0 aliphatic rings. The van der Waals surface area contributed by atoms with Gasteiger partial charge >= 0.3 is 5.97 Å². The van der Waals surface area contributed by atoms with Crippen LogP contribution in [-0.2, 0) is 18.4 Å². The predicted octanol–water partition coefficient (Wildman–Crippen LogP) is 4.79. The van der Waals surface area contributed by atoms with Crippen molar-refractivity contribution in [3.63, 3.8) is 0 Å². The number of carbonyl (C=O) groups is 1. The van der Waals surface area contributed by atoms with Gasteiger partial charge in [0.05, 0.1) is 6.61 Å². The molecule has 0 heterocycles. The van der Waals surface area contributed by atoms with E-state index in [4.69, 9.17) is 18.7 Å². The Morgan fingerprint density at radius 3 is 2.16 bits per heavy atom. The van der Waals surface area contributed by atoms with E-state index in [0.29, 0.717) is 13.2 Å². The number of unbranched alkanes of at least 4 members (excludes halogenated alkanes) is 1. The Morgan fingerprint density at radius 2 is 1.60 bits per heavy atom. The van der Waals surface area contributed by atoms with Crippen LogP contribution < -0.4 is 0 Å². The standard InChI is InChI=1S/C18H36O5Si2/c1-7-8-15-24(3,4)23-25(5,6)16-9-12-21-13-14-22-18(20)11-10-17(2)19/h10-11,19H,2,7-9,12-16H2,1,3-6H3/b11-10-. The van der Waals surface area contributed by atoms with Crippen LogP contribution >= 0.6 is 0 Å². The summed E-state index contributed by atoms with van der Waals surface area (Å²) in [6.45, 7) is 15.9. The van der Waals surface area contributed by atoms with E-state index in [-0.39, 0.29) is 12.4 Å². The minimum absolute atomic E-state index is 0.178. The van der Waals surface area contributed by atoms with Gasteiger partial charge < -0.3 is 18.7 Å². The Bertz CT molecular complexity index is 433. The highest BCUT2D eigenvalue weighted by Gasteiger charge is 2.31. The molecule has 0 spiro atoms. The van der Waals surface area contributed by atoms with Gasteiger partial charge in [0.1, 0.15) is 12.4 Å². The molecule has 0 aromatic rings. The molecule has 0 bridgehead atoms. The smallest absolute Gasteiger partial charge is 0.330 e. The number of ether oxygens (including phenoxy) is 2. The molecule has 0 saturated carbocycles. The lowest BCUT2D eigenvalue weighted by Crippen LogP contribution is -2.44. The van der Waals surface area contributed by atoms with Gasteiger partial charge in [0.15, 0.2) is 16.6 Å². The third-order valence-corrected chi connectivity index (χ3v) is 11.2. The fraction of sp³-hybridized carbons (Fsp3) is 0.722. The van der Waals surface area contributed by atoms with Crippen LogP contribution in [0.4, 0.5) is 0 Å². The van der Waals surface area contributed by atoms with Crippen molar-refractivity contribution >= 4 is 22.6 Å². The van der Waals surface area contributed by atoms with Crippen molar-refractivity contribution in [1.82, 2.24) is 0 Å². The molecule has 25 heavy (non-hydrogen) atoms. The van der Waals surface area contributed by atoms with E-state index >= 15 is 0 Å². The second kappa shape index (κ2) is 12.5. The molecule has 5 nitrogen and oxygen atoms in total. The summed E-state index contributed by atoms with van der Waals surface area (Å²) >= 11 is 0. The fourth-order valence-corrected chi connectivity index (χ4v) is 11.6. The summed E-state index contributed by atoms with van der Waals surface area (Å²) in [7, 11) is -3.18. The maximum absolute atomic E-state index is 11.3. The van der Waals surface area contributed by atoms with Crippen LogP contribution in [0.25, 0.3) is 0 Å². The third kappa shape index (κ3) is 15.1. The van der Waals surface area contributed by atoms with E-state index in [1.165, 1.54) is 25.0 Å². The van der Waals surface area contributed by atoms with Crippen molar-refractivity contribution in [3.8, 4) is 0 Å². The average Bonchev–Trinajstić information content (AvgIpc) is 2.49. The van der Waals surface area contributed by atoms with E-state index < -0.39 is 22.6 Å². The second-order valence-corrected chi connectivity index (χ2v) is 16.3. The van der Waals surface area contributed by atoms with Crippen molar-refractivity contribution in [2.75, 3.05) is 19.8 Å². The van der Waals surface area contributed by atoms with Crippen LogP contribution in [0.3, 0.4) is 0 Å². The maximum Gasteiger partial charge on any atom is 0.330 e. The number of aliphatic hydroxyl groups is 1. The summed E-state index contributed by atoms with van der Waals surface area (Å²) < 4.78 is 17.0. The normalized spacial score (nSPS) is 12.5. The van der Waals surface area contributed by atoms with E-state index in [1.54, 1.807) is 0 Å². The van der Waals surface area contributed by atoms with Gasteiger partial charge in [0.25, 0.3) is 0 Å². The zero-order valence-corrected chi connectivity index (χ0v) is 18.6. The van der Waals surface area contributed by atoms with E-state index in [1.807, 2.05) is 0 Å². The minimum atomic E-state index is -1.64. The predicted molar refractivity (Wildman–Crippen MR) is 108 cm³/mol. The van der Waals surface area contributed by atoms with Gasteiger partial charge in [0, 0.05) is 12.7 Å². The van der Waals surface area contributed by atoms with Crippen molar-refractivity contribution in [2.24, 2.45) is 0 Å². The van der Waals surface area contributed by atoms with Crippen molar-refractivity contribution in [3.05, 3.63) is 24.5 Å². The van der Waals surface area contributed by atoms with Gasteiger partial charge in [-0.2, -0.15) is 0 Å². The number of rotatable bonds is 14. The highest BCUT2D eigenvalue weighted by atomic mass is 28.4. The Morgan fingerprint density at radius 1 is 1.00 bits per heavy atom.